The summed E-state index contributed by atoms with van der Waals surface area (Å²) >= 11 is 0. The van der Waals surface area contributed by atoms with E-state index in [1.54, 1.807) is 0 Å². The highest BCUT2D eigenvalue weighted by atomic mass is 16.5. The van der Waals surface area contributed by atoms with Crippen LogP contribution >= 0.6 is 0 Å². The number of carbonyl (C=O) groups excluding carboxylic acids is 1. The van der Waals surface area contributed by atoms with E-state index in [-0.39, 0.29) is 11.8 Å². The van der Waals surface area contributed by atoms with Gasteiger partial charge in [-0.1, -0.05) is 0 Å². The van der Waals surface area contributed by atoms with Crippen LogP contribution in [0.25, 0.3) is 0 Å². The SMILES string of the molecule is O=C(Nc1ccc(OCCNC2CC2)cc1)C1CCOCC1. The number of carbonyl (C=O) groups is 1. The summed E-state index contributed by atoms with van der Waals surface area (Å²) in [5.74, 6) is 0.991. The number of benzene rings is 1. The third-order valence-electron chi connectivity index (χ3n) is 4.10. The molecule has 1 heterocycles. The Balaban J connectivity index is 1.40. The van der Waals surface area contributed by atoms with Gasteiger partial charge in [-0.2, -0.15) is 0 Å². The summed E-state index contributed by atoms with van der Waals surface area (Å²) in [5, 5.41) is 6.38. The fourth-order valence-electron chi connectivity index (χ4n) is 2.56. The maximum atomic E-state index is 12.1. The van der Waals surface area contributed by atoms with Crippen LogP contribution in [0.5, 0.6) is 5.75 Å². The Labute approximate surface area is 131 Å². The Kier molecular flexibility index (Phi) is 5.29. The summed E-state index contributed by atoms with van der Waals surface area (Å²) in [6, 6.07) is 8.29. The molecule has 0 unspecified atom stereocenters. The van der Waals surface area contributed by atoms with Crippen LogP contribution in [0.4, 0.5) is 5.69 Å². The smallest absolute Gasteiger partial charge is 0.227 e. The van der Waals surface area contributed by atoms with Gasteiger partial charge in [-0.25, -0.2) is 0 Å². The average Bonchev–Trinajstić information content (AvgIpc) is 3.38. The molecule has 2 aliphatic rings. The van der Waals surface area contributed by atoms with Crippen LogP contribution in [0.1, 0.15) is 25.7 Å². The van der Waals surface area contributed by atoms with Crippen LogP contribution < -0.4 is 15.4 Å². The molecule has 0 aromatic heterocycles. The molecule has 1 saturated carbocycles. The van der Waals surface area contributed by atoms with Crippen molar-refractivity contribution in [2.24, 2.45) is 5.92 Å². The molecular weight excluding hydrogens is 280 g/mol. The van der Waals surface area contributed by atoms with Gasteiger partial charge in [0.15, 0.2) is 0 Å². The summed E-state index contributed by atoms with van der Waals surface area (Å²) < 4.78 is 10.9. The first-order valence-corrected chi connectivity index (χ1v) is 8.16. The van der Waals surface area contributed by atoms with Crippen LogP contribution in [0.15, 0.2) is 24.3 Å². The number of anilines is 1. The van der Waals surface area contributed by atoms with E-state index in [4.69, 9.17) is 9.47 Å². The second-order valence-electron chi connectivity index (χ2n) is 5.98. The van der Waals surface area contributed by atoms with E-state index < -0.39 is 0 Å². The number of hydrogen-bond acceptors (Lipinski definition) is 4. The van der Waals surface area contributed by atoms with Crippen LogP contribution in [0, 0.1) is 5.92 Å². The number of amides is 1. The van der Waals surface area contributed by atoms with Crippen molar-refractivity contribution in [3.63, 3.8) is 0 Å². The van der Waals surface area contributed by atoms with Gasteiger partial charge in [-0.05, 0) is 49.9 Å². The minimum Gasteiger partial charge on any atom is -0.492 e. The van der Waals surface area contributed by atoms with E-state index in [2.05, 4.69) is 10.6 Å². The molecule has 5 nitrogen and oxygen atoms in total. The lowest BCUT2D eigenvalue weighted by Gasteiger charge is -2.21. The molecule has 0 atom stereocenters. The summed E-state index contributed by atoms with van der Waals surface area (Å²) in [6.07, 6.45) is 4.20. The predicted molar refractivity (Wildman–Crippen MR) is 85.1 cm³/mol. The predicted octanol–water partition coefficient (Wildman–Crippen LogP) is 2.18. The van der Waals surface area contributed by atoms with Gasteiger partial charge in [0, 0.05) is 37.4 Å². The third-order valence-corrected chi connectivity index (χ3v) is 4.10. The molecule has 120 valence electrons. The second kappa shape index (κ2) is 7.61. The average molecular weight is 304 g/mol. The first-order valence-electron chi connectivity index (χ1n) is 8.16. The minimum atomic E-state index is 0.0678. The van der Waals surface area contributed by atoms with E-state index in [1.165, 1.54) is 12.8 Å². The molecule has 2 N–H and O–H groups in total. The molecule has 1 saturated heterocycles. The lowest BCUT2D eigenvalue weighted by atomic mass is 9.99. The Morgan fingerprint density at radius 1 is 1.14 bits per heavy atom. The minimum absolute atomic E-state index is 0.0678. The van der Waals surface area contributed by atoms with Crippen molar-refractivity contribution >= 4 is 11.6 Å². The zero-order chi connectivity index (χ0) is 15.2. The highest BCUT2D eigenvalue weighted by molar-refractivity contribution is 5.92. The van der Waals surface area contributed by atoms with E-state index >= 15 is 0 Å². The molecule has 1 aromatic carbocycles. The largest absolute Gasteiger partial charge is 0.492 e. The van der Waals surface area contributed by atoms with E-state index in [9.17, 15) is 4.79 Å². The summed E-state index contributed by atoms with van der Waals surface area (Å²) in [4.78, 5) is 12.1. The molecule has 1 aliphatic carbocycles. The van der Waals surface area contributed by atoms with Crippen molar-refractivity contribution in [1.82, 2.24) is 5.32 Å². The van der Waals surface area contributed by atoms with Gasteiger partial charge in [0.1, 0.15) is 12.4 Å². The number of nitrogens with one attached hydrogen (secondary N) is 2. The van der Waals surface area contributed by atoms with Gasteiger partial charge < -0.3 is 20.1 Å². The van der Waals surface area contributed by atoms with E-state index in [0.29, 0.717) is 25.9 Å². The Bertz CT molecular complexity index is 479. The number of hydrogen-bond donors (Lipinski definition) is 2. The molecule has 22 heavy (non-hydrogen) atoms. The lowest BCUT2D eigenvalue weighted by molar-refractivity contribution is -0.122. The van der Waals surface area contributed by atoms with E-state index in [1.807, 2.05) is 24.3 Å². The first kappa shape index (κ1) is 15.3. The molecule has 0 radical (unpaired) electrons. The number of ether oxygens (including phenoxy) is 2. The summed E-state index contributed by atoms with van der Waals surface area (Å²) in [7, 11) is 0. The molecule has 1 aromatic rings. The van der Waals surface area contributed by atoms with Gasteiger partial charge in [0.2, 0.25) is 5.91 Å². The molecule has 1 amide bonds. The fraction of sp³-hybridized carbons (Fsp3) is 0.588. The maximum Gasteiger partial charge on any atom is 0.227 e. The molecule has 0 spiro atoms. The monoisotopic (exact) mass is 304 g/mol. The van der Waals surface area contributed by atoms with Crippen molar-refractivity contribution in [1.29, 1.82) is 0 Å². The maximum absolute atomic E-state index is 12.1. The van der Waals surface area contributed by atoms with Crippen molar-refractivity contribution in [3.8, 4) is 5.75 Å². The van der Waals surface area contributed by atoms with Crippen molar-refractivity contribution in [2.45, 2.75) is 31.7 Å². The summed E-state index contributed by atoms with van der Waals surface area (Å²) in [5.41, 5.74) is 0.819. The Hall–Kier alpha value is -1.59. The highest BCUT2D eigenvalue weighted by Crippen LogP contribution is 2.20. The van der Waals surface area contributed by atoms with Gasteiger partial charge >= 0.3 is 0 Å². The van der Waals surface area contributed by atoms with Gasteiger partial charge in [0.25, 0.3) is 0 Å². The van der Waals surface area contributed by atoms with Gasteiger partial charge in [-0.15, -0.1) is 0 Å². The Morgan fingerprint density at radius 2 is 1.86 bits per heavy atom. The van der Waals surface area contributed by atoms with E-state index in [0.717, 1.165) is 30.8 Å². The van der Waals surface area contributed by atoms with Crippen molar-refractivity contribution in [3.05, 3.63) is 24.3 Å². The highest BCUT2D eigenvalue weighted by Gasteiger charge is 2.21. The van der Waals surface area contributed by atoms with Gasteiger partial charge in [-0.3, -0.25) is 4.79 Å². The molecule has 0 bridgehead atoms. The molecule has 3 rings (SSSR count). The molecule has 2 fully saturated rings. The quantitative estimate of drug-likeness (QED) is 0.758. The topological polar surface area (TPSA) is 59.6 Å². The fourth-order valence-corrected chi connectivity index (χ4v) is 2.56. The standard InChI is InChI=1S/C17H24N2O3/c20-17(13-7-10-21-11-8-13)19-15-3-5-16(6-4-15)22-12-9-18-14-1-2-14/h3-6,13-14,18H,1-2,7-12H2,(H,19,20). The normalized spacial score (nSPS) is 18.9. The Morgan fingerprint density at radius 3 is 2.55 bits per heavy atom. The van der Waals surface area contributed by atoms with Crippen molar-refractivity contribution < 1.29 is 14.3 Å². The van der Waals surface area contributed by atoms with Crippen LogP contribution in [0.2, 0.25) is 0 Å². The molecule has 5 heteroatoms. The number of rotatable bonds is 7. The van der Waals surface area contributed by atoms with Crippen molar-refractivity contribution in [2.75, 3.05) is 31.7 Å². The zero-order valence-electron chi connectivity index (χ0n) is 12.8. The third kappa shape index (κ3) is 4.71. The van der Waals surface area contributed by atoms with Crippen LogP contribution in [-0.4, -0.2) is 38.3 Å². The zero-order valence-corrected chi connectivity index (χ0v) is 12.8. The molecular formula is C17H24N2O3. The molecule has 1 aliphatic heterocycles. The van der Waals surface area contributed by atoms with Gasteiger partial charge in [0.05, 0.1) is 0 Å². The summed E-state index contributed by atoms with van der Waals surface area (Å²) in [6.45, 7) is 2.91. The van der Waals surface area contributed by atoms with Crippen LogP contribution in [0.3, 0.4) is 0 Å². The van der Waals surface area contributed by atoms with Crippen LogP contribution in [-0.2, 0) is 9.53 Å². The second-order valence-corrected chi connectivity index (χ2v) is 5.98. The lowest BCUT2D eigenvalue weighted by Crippen LogP contribution is -2.28. The first-order chi connectivity index (χ1) is 10.8.